The molecule has 0 spiro atoms. The molecular weight excluding hydrogens is 416 g/mol. The number of imide groups is 2. The van der Waals surface area contributed by atoms with Gasteiger partial charge in [-0.15, -0.1) is 13.2 Å². The van der Waals surface area contributed by atoms with Gasteiger partial charge in [-0.25, -0.2) is 0 Å². The lowest BCUT2D eigenvalue weighted by Crippen LogP contribution is -2.46. The maximum Gasteiger partial charge on any atom is 0.235 e. The number of carbonyl (C=O) groups is 4. The summed E-state index contributed by atoms with van der Waals surface area (Å²) in [5.41, 5.74) is 2.40. The average Bonchev–Trinajstić information content (AvgIpc) is 3.55. The average molecular weight is 451 g/mol. The maximum absolute atomic E-state index is 13.2. The van der Waals surface area contributed by atoms with Crippen molar-refractivity contribution in [1.29, 1.82) is 0 Å². The predicted octanol–water partition coefficient (Wildman–Crippen LogP) is 3.72. The fourth-order valence-corrected chi connectivity index (χ4v) is 7.56. The summed E-state index contributed by atoms with van der Waals surface area (Å²) >= 11 is 0. The highest BCUT2D eigenvalue weighted by atomic mass is 16.2. The Morgan fingerprint density at radius 3 is 1.42 bits per heavy atom. The molecular formula is C27H34N2O4. The second kappa shape index (κ2) is 7.93. The van der Waals surface area contributed by atoms with Crippen molar-refractivity contribution in [2.45, 2.75) is 40.5 Å². The SMILES string of the molecule is C.C.C=CCC1=CC2CC1C1C(=O)N(CN3C(=O)C4C5C=C(CC=C)C(C5)C4C3=O)C(=O)C21. The molecule has 33 heavy (non-hydrogen) atoms. The van der Waals surface area contributed by atoms with Gasteiger partial charge in [0.2, 0.25) is 23.6 Å². The first-order chi connectivity index (χ1) is 15.0. The minimum Gasteiger partial charge on any atom is -0.274 e. The molecule has 2 saturated carbocycles. The Labute approximate surface area is 196 Å². The van der Waals surface area contributed by atoms with E-state index < -0.39 is 0 Å². The van der Waals surface area contributed by atoms with Gasteiger partial charge in [0.05, 0.1) is 23.7 Å². The van der Waals surface area contributed by atoms with E-state index in [-0.39, 0.29) is 92.5 Å². The zero-order valence-corrected chi connectivity index (χ0v) is 17.4. The van der Waals surface area contributed by atoms with Crippen molar-refractivity contribution in [1.82, 2.24) is 9.80 Å². The molecule has 6 nitrogen and oxygen atoms in total. The highest BCUT2D eigenvalue weighted by molar-refractivity contribution is 6.09. The van der Waals surface area contributed by atoms with Crippen LogP contribution in [0.25, 0.3) is 0 Å². The van der Waals surface area contributed by atoms with Crippen LogP contribution in [0.4, 0.5) is 0 Å². The first kappa shape index (κ1) is 23.4. The predicted molar refractivity (Wildman–Crippen MR) is 125 cm³/mol. The van der Waals surface area contributed by atoms with Crippen LogP contribution in [-0.4, -0.2) is 40.1 Å². The Morgan fingerprint density at radius 1 is 0.697 bits per heavy atom. The molecule has 0 aromatic heterocycles. The van der Waals surface area contributed by atoms with Crippen LogP contribution in [0, 0.1) is 47.3 Å². The Morgan fingerprint density at radius 2 is 1.06 bits per heavy atom. The largest absolute Gasteiger partial charge is 0.274 e. The number of fused-ring (bicyclic) bond motifs is 10. The molecule has 0 aromatic carbocycles. The van der Waals surface area contributed by atoms with Gasteiger partial charge < -0.3 is 0 Å². The van der Waals surface area contributed by atoms with Crippen molar-refractivity contribution < 1.29 is 19.2 Å². The molecule has 6 aliphatic rings. The van der Waals surface area contributed by atoms with E-state index in [1.165, 1.54) is 20.9 Å². The number of hydrogen-bond acceptors (Lipinski definition) is 4. The Balaban J connectivity index is 0.00000130. The Hall–Kier alpha value is -2.76. The van der Waals surface area contributed by atoms with Crippen LogP contribution in [0.3, 0.4) is 0 Å². The van der Waals surface area contributed by atoms with Gasteiger partial charge in [-0.2, -0.15) is 0 Å². The number of rotatable bonds is 6. The normalized spacial score (nSPS) is 39.3. The molecule has 6 rings (SSSR count). The molecule has 4 fully saturated rings. The van der Waals surface area contributed by atoms with Crippen molar-refractivity contribution in [3.05, 3.63) is 48.6 Å². The van der Waals surface area contributed by atoms with Gasteiger partial charge in [-0.1, -0.05) is 50.3 Å². The van der Waals surface area contributed by atoms with E-state index in [1.54, 1.807) is 0 Å². The number of hydrogen-bond donors (Lipinski definition) is 0. The van der Waals surface area contributed by atoms with Crippen molar-refractivity contribution in [2.24, 2.45) is 47.3 Å². The molecule has 4 aliphatic carbocycles. The molecule has 0 N–H and O–H groups in total. The summed E-state index contributed by atoms with van der Waals surface area (Å²) < 4.78 is 0. The highest BCUT2D eigenvalue weighted by Crippen LogP contribution is 2.58. The van der Waals surface area contributed by atoms with Crippen LogP contribution in [0.5, 0.6) is 0 Å². The molecule has 0 aromatic rings. The smallest absolute Gasteiger partial charge is 0.235 e. The van der Waals surface area contributed by atoms with E-state index in [9.17, 15) is 19.2 Å². The molecule has 0 radical (unpaired) electrons. The fraction of sp³-hybridized carbons (Fsp3) is 0.556. The minimum atomic E-state index is -0.346. The van der Waals surface area contributed by atoms with Crippen molar-refractivity contribution in [3.8, 4) is 0 Å². The van der Waals surface area contributed by atoms with Gasteiger partial charge in [-0.3, -0.25) is 29.0 Å². The monoisotopic (exact) mass is 450 g/mol. The van der Waals surface area contributed by atoms with Gasteiger partial charge in [-0.05, 0) is 49.4 Å². The number of amides is 4. The second-order valence-electron chi connectivity index (χ2n) is 9.93. The highest BCUT2D eigenvalue weighted by Gasteiger charge is 2.64. The maximum atomic E-state index is 13.2. The summed E-state index contributed by atoms with van der Waals surface area (Å²) in [5, 5.41) is 0. The van der Waals surface area contributed by atoms with E-state index in [1.807, 2.05) is 12.2 Å². The molecule has 2 aliphatic heterocycles. The zero-order valence-electron chi connectivity index (χ0n) is 17.4. The summed E-state index contributed by atoms with van der Waals surface area (Å²) in [4.78, 5) is 55.2. The summed E-state index contributed by atoms with van der Waals surface area (Å²) in [6.07, 6.45) is 11.1. The van der Waals surface area contributed by atoms with Gasteiger partial charge in [0, 0.05) is 0 Å². The molecule has 8 atom stereocenters. The van der Waals surface area contributed by atoms with Crippen LogP contribution in [0.1, 0.15) is 40.5 Å². The summed E-state index contributed by atoms with van der Waals surface area (Å²) in [6.45, 7) is 7.37. The third-order valence-electron chi connectivity index (χ3n) is 8.67. The molecule has 8 unspecified atom stereocenters. The fourth-order valence-electron chi connectivity index (χ4n) is 7.56. The molecule has 6 heteroatoms. The number of nitrogens with zero attached hydrogens (tertiary/aromatic N) is 2. The van der Waals surface area contributed by atoms with Gasteiger partial charge in [0.1, 0.15) is 6.67 Å². The van der Waals surface area contributed by atoms with E-state index in [0.717, 1.165) is 25.7 Å². The lowest BCUT2D eigenvalue weighted by Gasteiger charge is -2.24. The van der Waals surface area contributed by atoms with E-state index in [2.05, 4.69) is 25.3 Å². The van der Waals surface area contributed by atoms with Crippen LogP contribution in [0.15, 0.2) is 48.6 Å². The van der Waals surface area contributed by atoms with Crippen LogP contribution in [-0.2, 0) is 19.2 Å². The first-order valence-electron chi connectivity index (χ1n) is 11.3. The topological polar surface area (TPSA) is 74.8 Å². The van der Waals surface area contributed by atoms with Gasteiger partial charge >= 0.3 is 0 Å². The number of carbonyl (C=O) groups excluding carboxylic acids is 4. The summed E-state index contributed by atoms with van der Waals surface area (Å²) in [6, 6.07) is 0. The Bertz CT molecular complexity index is 943. The summed E-state index contributed by atoms with van der Waals surface area (Å²) in [5.74, 6) is -1.92. The summed E-state index contributed by atoms with van der Waals surface area (Å²) in [7, 11) is 0. The standard InChI is InChI=1S/C25H26N2O4.2CH4/c1-3-5-12-7-14-9-16(12)20-18(14)22(28)26(24(20)30)11-27-23(29)19-15-8-13(6-4-2)17(10-15)21(19)25(27)31;;/h3-4,7-8,14-21H,1-2,5-6,9-11H2;2*1H4. The van der Waals surface area contributed by atoms with Crippen molar-refractivity contribution in [2.75, 3.05) is 6.67 Å². The molecule has 4 bridgehead atoms. The van der Waals surface area contributed by atoms with Crippen LogP contribution < -0.4 is 0 Å². The molecule has 2 heterocycles. The third-order valence-corrected chi connectivity index (χ3v) is 8.67. The van der Waals surface area contributed by atoms with E-state index in [4.69, 9.17) is 0 Å². The van der Waals surface area contributed by atoms with Crippen molar-refractivity contribution in [3.63, 3.8) is 0 Å². The second-order valence-corrected chi connectivity index (χ2v) is 9.93. The van der Waals surface area contributed by atoms with Crippen molar-refractivity contribution >= 4 is 23.6 Å². The minimum absolute atomic E-state index is 0. The van der Waals surface area contributed by atoms with Gasteiger partial charge in [0.25, 0.3) is 0 Å². The van der Waals surface area contributed by atoms with E-state index >= 15 is 0 Å². The zero-order chi connectivity index (χ0) is 21.6. The number of likely N-dealkylation sites (tertiary alicyclic amines) is 2. The van der Waals surface area contributed by atoms with Crippen LogP contribution >= 0.6 is 0 Å². The first-order valence-corrected chi connectivity index (χ1v) is 11.3. The van der Waals surface area contributed by atoms with Crippen LogP contribution in [0.2, 0.25) is 0 Å². The molecule has 176 valence electrons. The lowest BCUT2D eigenvalue weighted by molar-refractivity contribution is -0.149. The number of allylic oxidation sites excluding steroid dienone is 6. The quantitative estimate of drug-likeness (QED) is 0.457. The molecule has 4 amide bonds. The third kappa shape index (κ3) is 2.85. The van der Waals surface area contributed by atoms with E-state index in [0.29, 0.717) is 0 Å². The Kier molecular flexibility index (Phi) is 5.62. The van der Waals surface area contributed by atoms with Gasteiger partial charge in [0.15, 0.2) is 0 Å². The molecule has 2 saturated heterocycles. The lowest BCUT2D eigenvalue weighted by atomic mass is 9.80.